The van der Waals surface area contributed by atoms with E-state index in [2.05, 4.69) is 58.9 Å². The highest BCUT2D eigenvalue weighted by molar-refractivity contribution is 5.84. The zero-order chi connectivity index (χ0) is 21.2. The van der Waals surface area contributed by atoms with Crippen LogP contribution in [0.15, 0.2) is 24.3 Å². The molecule has 28 heavy (non-hydrogen) atoms. The maximum atomic E-state index is 12.5. The summed E-state index contributed by atoms with van der Waals surface area (Å²) < 4.78 is 5.67. The molecule has 1 rings (SSSR count). The van der Waals surface area contributed by atoms with Crippen molar-refractivity contribution in [1.29, 1.82) is 0 Å². The molecule has 3 heteroatoms. The van der Waals surface area contributed by atoms with Gasteiger partial charge in [0.15, 0.2) is 0 Å². The molecule has 1 fully saturated rings. The van der Waals surface area contributed by atoms with Crippen LogP contribution in [0.2, 0.25) is 0 Å². The highest BCUT2D eigenvalue weighted by Crippen LogP contribution is 2.39. The van der Waals surface area contributed by atoms with Gasteiger partial charge in [0.05, 0.1) is 0 Å². The summed E-state index contributed by atoms with van der Waals surface area (Å²) in [6.07, 6.45) is 16.6. The van der Waals surface area contributed by atoms with Crippen molar-refractivity contribution in [3.05, 3.63) is 24.3 Å². The number of Topliss-reactive ketones (excluding diaryl/α,β-unsaturated/α-hetero) is 1. The summed E-state index contributed by atoms with van der Waals surface area (Å²) >= 11 is 0. The van der Waals surface area contributed by atoms with Crippen molar-refractivity contribution in [2.45, 2.75) is 99.0 Å². The van der Waals surface area contributed by atoms with E-state index in [9.17, 15) is 9.59 Å². The number of ketones is 1. The van der Waals surface area contributed by atoms with E-state index in [0.29, 0.717) is 18.1 Å². The lowest BCUT2D eigenvalue weighted by atomic mass is 9.79. The van der Waals surface area contributed by atoms with Crippen molar-refractivity contribution in [3.8, 4) is 0 Å². The molecule has 0 saturated heterocycles. The summed E-state index contributed by atoms with van der Waals surface area (Å²) in [6, 6.07) is 0. The summed E-state index contributed by atoms with van der Waals surface area (Å²) in [7, 11) is 0. The van der Waals surface area contributed by atoms with Gasteiger partial charge in [0.25, 0.3) is 0 Å². The molecule has 0 heterocycles. The summed E-state index contributed by atoms with van der Waals surface area (Å²) in [5, 5.41) is 0. The van der Waals surface area contributed by atoms with Crippen molar-refractivity contribution in [3.63, 3.8) is 0 Å². The fraction of sp³-hybridized carbons (Fsp3) is 0.760. The lowest BCUT2D eigenvalue weighted by molar-refractivity contribution is -0.149. The first-order chi connectivity index (χ1) is 13.2. The fourth-order valence-electron chi connectivity index (χ4n) is 4.15. The van der Waals surface area contributed by atoms with Gasteiger partial charge in [0, 0.05) is 24.7 Å². The van der Waals surface area contributed by atoms with Crippen LogP contribution in [0, 0.1) is 23.2 Å². The second kappa shape index (κ2) is 12.2. The van der Waals surface area contributed by atoms with Gasteiger partial charge in [-0.2, -0.15) is 0 Å². The summed E-state index contributed by atoms with van der Waals surface area (Å²) in [5.74, 6) is 0.750. The van der Waals surface area contributed by atoms with Gasteiger partial charge in [0.1, 0.15) is 11.9 Å². The predicted octanol–water partition coefficient (Wildman–Crippen LogP) is 6.67. The fourth-order valence-corrected chi connectivity index (χ4v) is 4.15. The topological polar surface area (TPSA) is 43.4 Å². The standard InChI is InChI=1S/C25H42O3/c1-7-9-11-12-13-14-22-21(19(3)18-23(22)27)15-16-24(28-20(4)26)25(5,6)17-10-8-2/h12-13,15-16,19,21-22,24H,7-11,14,17-18H2,1-6H3/b13-12-,16-15+/t19-,21+,22-,24-/m1/s1. The van der Waals surface area contributed by atoms with E-state index < -0.39 is 0 Å². The molecular weight excluding hydrogens is 348 g/mol. The number of esters is 1. The molecule has 160 valence electrons. The first kappa shape index (κ1) is 24.7. The van der Waals surface area contributed by atoms with E-state index in [1.165, 1.54) is 19.8 Å². The number of hydrogen-bond acceptors (Lipinski definition) is 3. The van der Waals surface area contributed by atoms with Crippen molar-refractivity contribution in [2.75, 3.05) is 0 Å². The molecule has 0 amide bonds. The monoisotopic (exact) mass is 390 g/mol. The van der Waals surface area contributed by atoms with Crippen LogP contribution >= 0.6 is 0 Å². The van der Waals surface area contributed by atoms with Crippen LogP contribution in [0.1, 0.15) is 92.9 Å². The number of unbranched alkanes of at least 4 members (excludes halogenated alkanes) is 3. The Morgan fingerprint density at radius 3 is 2.50 bits per heavy atom. The minimum Gasteiger partial charge on any atom is -0.458 e. The third-order valence-corrected chi connectivity index (χ3v) is 6.09. The van der Waals surface area contributed by atoms with Crippen LogP contribution in [-0.4, -0.2) is 17.9 Å². The van der Waals surface area contributed by atoms with Crippen LogP contribution in [0.25, 0.3) is 0 Å². The van der Waals surface area contributed by atoms with Crippen molar-refractivity contribution in [2.24, 2.45) is 23.2 Å². The Morgan fingerprint density at radius 2 is 1.89 bits per heavy atom. The quantitative estimate of drug-likeness (QED) is 0.212. The molecule has 1 aliphatic carbocycles. The molecule has 0 aliphatic heterocycles. The Hall–Kier alpha value is -1.38. The van der Waals surface area contributed by atoms with Gasteiger partial charge < -0.3 is 4.74 Å². The van der Waals surface area contributed by atoms with Gasteiger partial charge in [0.2, 0.25) is 0 Å². The Morgan fingerprint density at radius 1 is 1.21 bits per heavy atom. The molecule has 0 aromatic carbocycles. The van der Waals surface area contributed by atoms with Crippen molar-refractivity contribution in [1.82, 2.24) is 0 Å². The maximum absolute atomic E-state index is 12.5. The first-order valence-corrected chi connectivity index (χ1v) is 11.3. The first-order valence-electron chi connectivity index (χ1n) is 11.3. The van der Waals surface area contributed by atoms with E-state index in [1.807, 2.05) is 0 Å². The SMILES string of the molecule is CCCC/C=C\C[C@H]1C(=O)C[C@@H](C)[C@@H]1/C=C/[C@@H](OC(C)=O)C(C)(C)CCCC. The largest absolute Gasteiger partial charge is 0.458 e. The average molecular weight is 391 g/mol. The second-order valence-electron chi connectivity index (χ2n) is 9.19. The number of allylic oxidation sites excluding steroid dienone is 3. The van der Waals surface area contributed by atoms with Crippen LogP contribution < -0.4 is 0 Å². The molecule has 0 aromatic heterocycles. The molecule has 1 saturated carbocycles. The van der Waals surface area contributed by atoms with Gasteiger partial charge in [-0.25, -0.2) is 0 Å². The summed E-state index contributed by atoms with van der Waals surface area (Å²) in [4.78, 5) is 24.2. The molecule has 0 N–H and O–H groups in total. The number of hydrogen-bond donors (Lipinski definition) is 0. The maximum Gasteiger partial charge on any atom is 0.303 e. The molecule has 0 aromatic rings. The molecule has 0 bridgehead atoms. The molecule has 1 aliphatic rings. The Kier molecular flexibility index (Phi) is 10.8. The van der Waals surface area contributed by atoms with Gasteiger partial charge in [-0.15, -0.1) is 0 Å². The van der Waals surface area contributed by atoms with Crippen LogP contribution in [0.4, 0.5) is 0 Å². The van der Waals surface area contributed by atoms with Crippen molar-refractivity contribution < 1.29 is 14.3 Å². The lowest BCUT2D eigenvalue weighted by Crippen LogP contribution is -2.32. The van der Waals surface area contributed by atoms with E-state index in [0.717, 1.165) is 32.1 Å². The highest BCUT2D eigenvalue weighted by atomic mass is 16.5. The number of rotatable bonds is 12. The lowest BCUT2D eigenvalue weighted by Gasteiger charge is -2.32. The van der Waals surface area contributed by atoms with Gasteiger partial charge >= 0.3 is 5.97 Å². The molecule has 3 nitrogen and oxygen atoms in total. The van der Waals surface area contributed by atoms with E-state index in [1.54, 1.807) is 0 Å². The summed E-state index contributed by atoms with van der Waals surface area (Å²) in [5.41, 5.74) is -0.112. The molecule has 0 radical (unpaired) electrons. The second-order valence-corrected chi connectivity index (χ2v) is 9.19. The van der Waals surface area contributed by atoms with E-state index in [-0.39, 0.29) is 29.3 Å². The minimum absolute atomic E-state index is 0.0564. The zero-order valence-corrected chi connectivity index (χ0v) is 19.0. The van der Waals surface area contributed by atoms with Crippen LogP contribution in [0.3, 0.4) is 0 Å². The van der Waals surface area contributed by atoms with E-state index in [4.69, 9.17) is 4.74 Å². The van der Waals surface area contributed by atoms with Gasteiger partial charge in [-0.3, -0.25) is 9.59 Å². The minimum atomic E-state index is -0.250. The Bertz CT molecular complexity index is 544. The zero-order valence-electron chi connectivity index (χ0n) is 19.0. The highest BCUT2D eigenvalue weighted by Gasteiger charge is 2.38. The molecule has 4 atom stereocenters. The normalized spacial score (nSPS) is 24.4. The third-order valence-electron chi connectivity index (χ3n) is 6.09. The summed E-state index contributed by atoms with van der Waals surface area (Å²) in [6.45, 7) is 12.3. The smallest absolute Gasteiger partial charge is 0.303 e. The predicted molar refractivity (Wildman–Crippen MR) is 117 cm³/mol. The third kappa shape index (κ3) is 7.93. The number of carbonyl (C=O) groups excluding carboxylic acids is 2. The molecule has 0 unspecified atom stereocenters. The Balaban J connectivity index is 2.89. The average Bonchev–Trinajstić information content (AvgIpc) is 2.89. The number of carbonyl (C=O) groups is 2. The van der Waals surface area contributed by atoms with Gasteiger partial charge in [-0.1, -0.05) is 78.5 Å². The van der Waals surface area contributed by atoms with Crippen LogP contribution in [0.5, 0.6) is 0 Å². The van der Waals surface area contributed by atoms with Crippen LogP contribution in [-0.2, 0) is 14.3 Å². The van der Waals surface area contributed by atoms with Crippen molar-refractivity contribution >= 4 is 11.8 Å². The van der Waals surface area contributed by atoms with Gasteiger partial charge in [-0.05, 0) is 37.2 Å². The number of ether oxygens (including phenoxy) is 1. The van der Waals surface area contributed by atoms with E-state index >= 15 is 0 Å². The Labute approximate surface area is 173 Å². The molecule has 0 spiro atoms. The molecular formula is C25H42O3.